The Balaban J connectivity index is 3.80. The highest BCUT2D eigenvalue weighted by Gasteiger charge is 2.19. The summed E-state index contributed by atoms with van der Waals surface area (Å²) in [5.74, 6) is 0.197. The van der Waals surface area contributed by atoms with Crippen molar-refractivity contribution in [2.24, 2.45) is 5.92 Å². The summed E-state index contributed by atoms with van der Waals surface area (Å²) in [6.45, 7) is 7.03. The number of unbranched alkanes of at least 4 members (excludes halogenated alkanes) is 14. The molecule has 0 rings (SSSR count). The van der Waals surface area contributed by atoms with Gasteiger partial charge in [-0.25, -0.2) is 0 Å². The number of hydrogen-bond donors (Lipinski definition) is 2. The number of esters is 1. The third kappa shape index (κ3) is 22.4. The first-order valence-corrected chi connectivity index (χ1v) is 13.7. The molecule has 0 aliphatic rings. The highest BCUT2D eigenvalue weighted by atomic mass is 16.5. The van der Waals surface area contributed by atoms with Gasteiger partial charge in [-0.1, -0.05) is 110 Å². The Morgan fingerprint density at radius 3 is 1.74 bits per heavy atom. The summed E-state index contributed by atoms with van der Waals surface area (Å²) >= 11 is 0. The normalized spacial score (nSPS) is 12.2. The van der Waals surface area contributed by atoms with Crippen molar-refractivity contribution in [3.05, 3.63) is 0 Å². The molecule has 0 spiro atoms. The molecule has 31 heavy (non-hydrogen) atoms. The molecule has 0 amide bonds. The van der Waals surface area contributed by atoms with E-state index in [1.165, 1.54) is 96.3 Å². The van der Waals surface area contributed by atoms with E-state index in [0.29, 0.717) is 13.2 Å². The van der Waals surface area contributed by atoms with Crippen LogP contribution in [0, 0.1) is 5.92 Å². The lowest BCUT2D eigenvalue weighted by Gasteiger charge is -2.16. The van der Waals surface area contributed by atoms with Crippen LogP contribution in [0.4, 0.5) is 0 Å². The van der Waals surface area contributed by atoms with Crippen molar-refractivity contribution < 1.29 is 14.6 Å². The summed E-state index contributed by atoms with van der Waals surface area (Å²) in [6.07, 6.45) is 23.1. The fourth-order valence-corrected chi connectivity index (χ4v) is 4.10. The van der Waals surface area contributed by atoms with Gasteiger partial charge >= 0.3 is 5.97 Å². The Kier molecular flexibility index (Phi) is 25.1. The predicted octanol–water partition coefficient (Wildman–Crippen LogP) is 7.18. The van der Waals surface area contributed by atoms with Crippen molar-refractivity contribution in [1.29, 1.82) is 0 Å². The molecule has 186 valence electrons. The largest absolute Gasteiger partial charge is 0.465 e. The van der Waals surface area contributed by atoms with E-state index >= 15 is 0 Å². The average Bonchev–Trinajstić information content (AvgIpc) is 2.78. The number of carbonyl (C=O) groups excluding carboxylic acids is 1. The zero-order valence-electron chi connectivity index (χ0n) is 21.1. The number of carbonyl (C=O) groups is 1. The lowest BCUT2D eigenvalue weighted by molar-refractivity contribution is -0.149. The quantitative estimate of drug-likeness (QED) is 0.116. The lowest BCUT2D eigenvalue weighted by Crippen LogP contribution is -2.19. The van der Waals surface area contributed by atoms with E-state index < -0.39 is 0 Å². The summed E-state index contributed by atoms with van der Waals surface area (Å²) < 4.78 is 5.67. The van der Waals surface area contributed by atoms with Crippen LogP contribution in [0.25, 0.3) is 0 Å². The van der Waals surface area contributed by atoms with Gasteiger partial charge in [0, 0.05) is 6.54 Å². The zero-order valence-corrected chi connectivity index (χ0v) is 21.1. The molecule has 0 aromatic carbocycles. The van der Waals surface area contributed by atoms with Crippen LogP contribution < -0.4 is 5.32 Å². The first-order valence-electron chi connectivity index (χ1n) is 13.7. The third-order valence-corrected chi connectivity index (χ3v) is 6.18. The van der Waals surface area contributed by atoms with Crippen molar-refractivity contribution in [3.8, 4) is 0 Å². The van der Waals surface area contributed by atoms with Crippen LogP contribution in [0.2, 0.25) is 0 Å². The van der Waals surface area contributed by atoms with E-state index in [0.717, 1.165) is 32.2 Å². The van der Waals surface area contributed by atoms with Gasteiger partial charge in [-0.05, 0) is 32.2 Å². The minimum atomic E-state index is 0.0698. The summed E-state index contributed by atoms with van der Waals surface area (Å²) in [6, 6.07) is 0. The Labute approximate surface area is 194 Å². The van der Waals surface area contributed by atoms with Gasteiger partial charge in [0.1, 0.15) is 0 Å². The molecular formula is C27H55NO3. The van der Waals surface area contributed by atoms with Crippen LogP contribution in [-0.2, 0) is 9.53 Å². The van der Waals surface area contributed by atoms with Crippen molar-refractivity contribution in [2.45, 2.75) is 136 Å². The number of aliphatic hydroxyl groups excluding tert-OH is 1. The first kappa shape index (κ1) is 30.4. The summed E-state index contributed by atoms with van der Waals surface area (Å²) in [5, 5.41) is 11.9. The number of ether oxygens (including phenoxy) is 1. The Morgan fingerprint density at radius 1 is 0.677 bits per heavy atom. The van der Waals surface area contributed by atoms with Gasteiger partial charge in [0.25, 0.3) is 0 Å². The molecule has 1 atom stereocenters. The Morgan fingerprint density at radius 2 is 1.16 bits per heavy atom. The van der Waals surface area contributed by atoms with Crippen LogP contribution >= 0.6 is 0 Å². The number of hydrogen-bond acceptors (Lipinski definition) is 4. The van der Waals surface area contributed by atoms with Gasteiger partial charge in [-0.15, -0.1) is 0 Å². The second-order valence-corrected chi connectivity index (χ2v) is 9.22. The van der Waals surface area contributed by atoms with Crippen LogP contribution in [-0.4, -0.2) is 37.4 Å². The number of nitrogens with one attached hydrogen (secondary N) is 1. The topological polar surface area (TPSA) is 58.6 Å². The van der Waals surface area contributed by atoms with Crippen LogP contribution in [0.3, 0.4) is 0 Å². The van der Waals surface area contributed by atoms with Gasteiger partial charge in [-0.2, -0.15) is 0 Å². The van der Waals surface area contributed by atoms with Crippen molar-refractivity contribution in [2.75, 3.05) is 26.3 Å². The molecule has 4 nitrogen and oxygen atoms in total. The SMILES string of the molecule is CCCCCCCCC(CCCCCC)C(=O)OCCCCCCCCCNCCO. The maximum atomic E-state index is 12.6. The maximum absolute atomic E-state index is 12.6. The molecular weight excluding hydrogens is 386 g/mol. The van der Waals surface area contributed by atoms with Crippen LogP contribution in [0.5, 0.6) is 0 Å². The van der Waals surface area contributed by atoms with E-state index in [4.69, 9.17) is 9.84 Å². The summed E-state index contributed by atoms with van der Waals surface area (Å²) in [4.78, 5) is 12.6. The van der Waals surface area contributed by atoms with Gasteiger partial charge in [-0.3, -0.25) is 4.79 Å². The van der Waals surface area contributed by atoms with Crippen molar-refractivity contribution in [1.82, 2.24) is 5.32 Å². The monoisotopic (exact) mass is 441 g/mol. The average molecular weight is 442 g/mol. The smallest absolute Gasteiger partial charge is 0.308 e. The molecule has 0 aliphatic heterocycles. The van der Waals surface area contributed by atoms with Crippen molar-refractivity contribution in [3.63, 3.8) is 0 Å². The summed E-state index contributed by atoms with van der Waals surface area (Å²) in [5.41, 5.74) is 0. The van der Waals surface area contributed by atoms with Crippen LogP contribution in [0.15, 0.2) is 0 Å². The minimum Gasteiger partial charge on any atom is -0.465 e. The lowest BCUT2D eigenvalue weighted by atomic mass is 9.94. The van der Waals surface area contributed by atoms with Gasteiger partial charge in [0.15, 0.2) is 0 Å². The third-order valence-electron chi connectivity index (χ3n) is 6.18. The Hall–Kier alpha value is -0.610. The highest BCUT2D eigenvalue weighted by Crippen LogP contribution is 2.20. The zero-order chi connectivity index (χ0) is 22.8. The number of rotatable bonds is 25. The Bertz CT molecular complexity index is 362. The van der Waals surface area contributed by atoms with E-state index in [9.17, 15) is 4.79 Å². The fourth-order valence-electron chi connectivity index (χ4n) is 4.10. The first-order chi connectivity index (χ1) is 15.3. The standard InChI is InChI=1S/C27H55NO3/c1-3-5-7-9-13-17-21-26(20-16-8-6-4-2)27(30)31-25-19-15-12-10-11-14-18-22-28-23-24-29/h26,28-29H,3-25H2,1-2H3. The predicted molar refractivity (Wildman–Crippen MR) is 133 cm³/mol. The van der Waals surface area contributed by atoms with E-state index in [1.807, 2.05) is 0 Å². The minimum absolute atomic E-state index is 0.0698. The molecule has 0 radical (unpaired) electrons. The summed E-state index contributed by atoms with van der Waals surface area (Å²) in [7, 11) is 0. The number of aliphatic hydroxyl groups is 1. The second kappa shape index (κ2) is 25.6. The van der Waals surface area contributed by atoms with Gasteiger partial charge in [0.2, 0.25) is 0 Å². The molecule has 0 aliphatic carbocycles. The van der Waals surface area contributed by atoms with E-state index in [-0.39, 0.29) is 18.5 Å². The van der Waals surface area contributed by atoms with E-state index in [2.05, 4.69) is 19.2 Å². The fraction of sp³-hybridized carbons (Fsp3) is 0.963. The maximum Gasteiger partial charge on any atom is 0.308 e. The molecule has 0 aromatic rings. The molecule has 0 saturated heterocycles. The van der Waals surface area contributed by atoms with Gasteiger partial charge < -0.3 is 15.2 Å². The molecule has 2 N–H and O–H groups in total. The highest BCUT2D eigenvalue weighted by molar-refractivity contribution is 5.72. The molecule has 4 heteroatoms. The molecule has 0 heterocycles. The molecule has 0 fully saturated rings. The van der Waals surface area contributed by atoms with Gasteiger partial charge in [0.05, 0.1) is 19.1 Å². The van der Waals surface area contributed by atoms with Crippen molar-refractivity contribution >= 4 is 5.97 Å². The molecule has 0 aromatic heterocycles. The molecule has 1 unspecified atom stereocenters. The molecule has 0 bridgehead atoms. The molecule has 0 saturated carbocycles. The van der Waals surface area contributed by atoms with Crippen LogP contribution in [0.1, 0.15) is 136 Å². The van der Waals surface area contributed by atoms with E-state index in [1.54, 1.807) is 0 Å². The second-order valence-electron chi connectivity index (χ2n) is 9.22.